The maximum Gasteiger partial charge on any atom is 0.147 e. The minimum Gasteiger partial charge on any atom is -0.389 e. The second kappa shape index (κ2) is 5.46. The van der Waals surface area contributed by atoms with Gasteiger partial charge in [0.15, 0.2) is 0 Å². The molecule has 0 radical (unpaired) electrons. The van der Waals surface area contributed by atoms with Gasteiger partial charge >= 0.3 is 0 Å². The van der Waals surface area contributed by atoms with Gasteiger partial charge in [0.1, 0.15) is 10.8 Å². The molecule has 0 aliphatic rings. The van der Waals surface area contributed by atoms with Crippen LogP contribution >= 0.6 is 28.1 Å². The zero-order valence-corrected chi connectivity index (χ0v) is 12.2. The number of benzene rings is 1. The minimum atomic E-state index is 0.394. The van der Waals surface area contributed by atoms with E-state index in [1.165, 1.54) is 0 Å². The van der Waals surface area contributed by atoms with Crippen LogP contribution in [0.5, 0.6) is 0 Å². The second-order valence-electron chi connectivity index (χ2n) is 3.78. The van der Waals surface area contributed by atoms with Crippen LogP contribution in [0.4, 0.5) is 11.5 Å². The zero-order valence-electron chi connectivity index (χ0n) is 9.80. The van der Waals surface area contributed by atoms with Crippen molar-refractivity contribution >= 4 is 44.6 Å². The molecular weight excluding hydrogens is 310 g/mol. The highest BCUT2D eigenvalue weighted by Crippen LogP contribution is 2.28. The second-order valence-corrected chi connectivity index (χ2v) is 5.08. The normalized spacial score (nSPS) is 10.1. The molecule has 0 saturated heterocycles. The summed E-state index contributed by atoms with van der Waals surface area (Å²) in [5.74, 6) is 0.845. The number of aromatic nitrogens is 1. The summed E-state index contributed by atoms with van der Waals surface area (Å²) in [5, 5.41) is 0. The monoisotopic (exact) mass is 321 g/mol. The molecule has 0 atom stereocenters. The Hall–Kier alpha value is -1.46. The van der Waals surface area contributed by atoms with Crippen molar-refractivity contribution in [2.24, 2.45) is 5.73 Å². The van der Waals surface area contributed by atoms with Gasteiger partial charge in [-0.05, 0) is 40.2 Å². The Kier molecular flexibility index (Phi) is 3.93. The zero-order chi connectivity index (χ0) is 13.1. The molecule has 0 amide bonds. The molecule has 1 heterocycles. The topological polar surface area (TPSA) is 42.1 Å². The summed E-state index contributed by atoms with van der Waals surface area (Å²) in [6, 6.07) is 11.6. The molecule has 0 spiro atoms. The summed E-state index contributed by atoms with van der Waals surface area (Å²) in [4.78, 5) is 6.72. The molecule has 0 fully saturated rings. The van der Waals surface area contributed by atoms with Crippen molar-refractivity contribution in [3.63, 3.8) is 0 Å². The van der Waals surface area contributed by atoms with Crippen molar-refractivity contribution in [3.8, 4) is 0 Å². The van der Waals surface area contributed by atoms with Crippen LogP contribution in [-0.4, -0.2) is 17.0 Å². The van der Waals surface area contributed by atoms with Crippen LogP contribution in [0.25, 0.3) is 0 Å². The number of thiocarbonyl (C=S) groups is 1. The van der Waals surface area contributed by atoms with E-state index in [0.717, 1.165) is 21.5 Å². The van der Waals surface area contributed by atoms with Crippen LogP contribution in [0.2, 0.25) is 0 Å². The summed E-state index contributed by atoms with van der Waals surface area (Å²) in [7, 11) is 1.95. The average molecular weight is 322 g/mol. The van der Waals surface area contributed by atoms with Crippen LogP contribution in [-0.2, 0) is 0 Å². The van der Waals surface area contributed by atoms with Crippen LogP contribution < -0.4 is 10.6 Å². The highest BCUT2D eigenvalue weighted by atomic mass is 79.9. The van der Waals surface area contributed by atoms with Gasteiger partial charge in [-0.25, -0.2) is 4.98 Å². The third-order valence-corrected chi connectivity index (χ3v) is 3.43. The molecular formula is C13H12BrN3S. The van der Waals surface area contributed by atoms with E-state index in [2.05, 4.69) is 20.9 Å². The third-order valence-electron chi connectivity index (χ3n) is 2.57. The van der Waals surface area contributed by atoms with Crippen LogP contribution in [0.3, 0.4) is 0 Å². The molecule has 18 heavy (non-hydrogen) atoms. The standard InChI is InChI=1S/C13H12BrN3S/c1-17(13-11(14)6-3-7-16-13)10-5-2-4-9(8-10)12(15)18/h2-8H,1H3,(H2,15,18). The molecule has 0 aliphatic heterocycles. The predicted molar refractivity (Wildman–Crippen MR) is 82.3 cm³/mol. The van der Waals surface area contributed by atoms with Crippen LogP contribution in [0.15, 0.2) is 47.1 Å². The molecule has 2 rings (SSSR count). The Morgan fingerprint density at radius 3 is 2.78 bits per heavy atom. The van der Waals surface area contributed by atoms with Gasteiger partial charge in [-0.15, -0.1) is 0 Å². The van der Waals surface area contributed by atoms with Crippen LogP contribution in [0, 0.1) is 0 Å². The van der Waals surface area contributed by atoms with Crippen molar-refractivity contribution in [1.82, 2.24) is 4.98 Å². The van der Waals surface area contributed by atoms with Crippen LogP contribution in [0.1, 0.15) is 5.56 Å². The van der Waals surface area contributed by atoms with E-state index in [4.69, 9.17) is 18.0 Å². The largest absolute Gasteiger partial charge is 0.389 e. The molecule has 5 heteroatoms. The Morgan fingerprint density at radius 2 is 2.11 bits per heavy atom. The predicted octanol–water partition coefficient (Wildman–Crippen LogP) is 3.25. The smallest absolute Gasteiger partial charge is 0.147 e. The van der Waals surface area contributed by atoms with E-state index in [-0.39, 0.29) is 0 Å². The highest BCUT2D eigenvalue weighted by Gasteiger charge is 2.09. The number of nitrogens with zero attached hydrogens (tertiary/aromatic N) is 2. The lowest BCUT2D eigenvalue weighted by atomic mass is 10.2. The molecule has 2 aromatic rings. The lowest BCUT2D eigenvalue weighted by Gasteiger charge is -2.20. The van der Waals surface area contributed by atoms with E-state index in [1.807, 2.05) is 48.3 Å². The Bertz CT molecular complexity index is 586. The van der Waals surface area contributed by atoms with Crippen molar-refractivity contribution in [3.05, 3.63) is 52.6 Å². The lowest BCUT2D eigenvalue weighted by Crippen LogP contribution is -2.14. The van der Waals surface area contributed by atoms with Crippen molar-refractivity contribution in [2.45, 2.75) is 0 Å². The first-order valence-electron chi connectivity index (χ1n) is 5.33. The van der Waals surface area contributed by atoms with Gasteiger partial charge in [0.2, 0.25) is 0 Å². The summed E-state index contributed by atoms with van der Waals surface area (Å²) in [5.41, 5.74) is 7.47. The fourth-order valence-corrected chi connectivity index (χ4v) is 2.26. The SMILES string of the molecule is CN(c1cccc(C(N)=S)c1)c1ncccc1Br. The van der Waals surface area contributed by atoms with Gasteiger partial charge in [-0.2, -0.15) is 0 Å². The fourth-order valence-electron chi connectivity index (χ4n) is 1.61. The van der Waals surface area contributed by atoms with Crippen molar-refractivity contribution in [2.75, 3.05) is 11.9 Å². The molecule has 0 bridgehead atoms. The quantitative estimate of drug-likeness (QED) is 0.881. The molecule has 1 aromatic carbocycles. The molecule has 92 valence electrons. The average Bonchev–Trinajstić information content (AvgIpc) is 2.38. The number of nitrogens with two attached hydrogens (primary N) is 1. The summed E-state index contributed by atoms with van der Waals surface area (Å²) in [6.07, 6.45) is 1.76. The first-order valence-corrected chi connectivity index (χ1v) is 6.54. The van der Waals surface area contributed by atoms with Gasteiger partial charge in [-0.1, -0.05) is 24.4 Å². The summed E-state index contributed by atoms with van der Waals surface area (Å²) >= 11 is 8.47. The van der Waals surface area contributed by atoms with Crippen molar-refractivity contribution in [1.29, 1.82) is 0 Å². The highest BCUT2D eigenvalue weighted by molar-refractivity contribution is 9.10. The maximum atomic E-state index is 5.64. The Balaban J connectivity index is 2.40. The lowest BCUT2D eigenvalue weighted by molar-refractivity contribution is 1.12. The first-order chi connectivity index (χ1) is 8.59. The van der Waals surface area contributed by atoms with E-state index in [0.29, 0.717) is 4.99 Å². The number of hydrogen-bond acceptors (Lipinski definition) is 3. The third kappa shape index (κ3) is 2.68. The number of halogens is 1. The van der Waals surface area contributed by atoms with Gasteiger partial charge in [0, 0.05) is 24.5 Å². The molecule has 0 aliphatic carbocycles. The van der Waals surface area contributed by atoms with E-state index in [1.54, 1.807) is 6.20 Å². The first kappa shape index (κ1) is 13.0. The molecule has 0 unspecified atom stereocenters. The molecule has 0 saturated carbocycles. The van der Waals surface area contributed by atoms with E-state index < -0.39 is 0 Å². The minimum absolute atomic E-state index is 0.394. The van der Waals surface area contributed by atoms with Gasteiger partial charge in [-0.3, -0.25) is 0 Å². The maximum absolute atomic E-state index is 5.64. The number of hydrogen-bond donors (Lipinski definition) is 1. The summed E-state index contributed by atoms with van der Waals surface area (Å²) in [6.45, 7) is 0. The Morgan fingerprint density at radius 1 is 1.33 bits per heavy atom. The number of pyridine rings is 1. The van der Waals surface area contributed by atoms with E-state index >= 15 is 0 Å². The number of anilines is 2. The number of rotatable bonds is 3. The van der Waals surface area contributed by atoms with E-state index in [9.17, 15) is 0 Å². The van der Waals surface area contributed by atoms with Gasteiger partial charge < -0.3 is 10.6 Å². The molecule has 3 nitrogen and oxygen atoms in total. The van der Waals surface area contributed by atoms with Gasteiger partial charge in [0.05, 0.1) is 4.47 Å². The summed E-state index contributed by atoms with van der Waals surface area (Å²) < 4.78 is 0.938. The fraction of sp³-hybridized carbons (Fsp3) is 0.0769. The molecule has 1 aromatic heterocycles. The van der Waals surface area contributed by atoms with Crippen molar-refractivity contribution < 1.29 is 0 Å². The Labute approximate surface area is 120 Å². The molecule has 2 N–H and O–H groups in total. The van der Waals surface area contributed by atoms with Gasteiger partial charge in [0.25, 0.3) is 0 Å².